The van der Waals surface area contributed by atoms with Crippen molar-refractivity contribution in [1.29, 1.82) is 0 Å². The van der Waals surface area contributed by atoms with Gasteiger partial charge in [0.25, 0.3) is 5.91 Å². The first-order chi connectivity index (χ1) is 15.2. The number of nitrogens with zero attached hydrogens (tertiary/aromatic N) is 4. The first-order valence-corrected chi connectivity index (χ1v) is 11.5. The summed E-state index contributed by atoms with van der Waals surface area (Å²) in [7, 11) is -8.38. The topological polar surface area (TPSA) is 85.8 Å². The number of nitrogen functional groups attached to an aromatic ring is 1. The SMILES string of the molecule is CN(C(=O)c1ccc2nc(N)c3cncn3c2c1)[C@H]1COc2cc(S(F)(F)(F)(F)F)ccc21. The molecule has 13 heteroatoms. The van der Waals surface area contributed by atoms with Crippen molar-refractivity contribution in [3.05, 3.63) is 60.0 Å². The van der Waals surface area contributed by atoms with Crippen LogP contribution in [-0.2, 0) is 0 Å². The summed E-state index contributed by atoms with van der Waals surface area (Å²) in [4.78, 5) is 20.8. The molecule has 1 aliphatic heterocycles. The van der Waals surface area contributed by atoms with Crippen LogP contribution in [0, 0.1) is 0 Å². The average Bonchev–Trinajstić information content (AvgIpc) is 3.38. The summed E-state index contributed by atoms with van der Waals surface area (Å²) >= 11 is 0. The molecular weight excluding hydrogens is 469 g/mol. The number of anilines is 1. The van der Waals surface area contributed by atoms with E-state index in [-0.39, 0.29) is 35.4 Å². The lowest BCUT2D eigenvalue weighted by atomic mass is 10.1. The number of halogens is 5. The highest BCUT2D eigenvalue weighted by Gasteiger charge is 2.65. The fraction of sp³-hybridized carbons (Fsp3) is 0.150. The molecule has 4 aromatic rings. The van der Waals surface area contributed by atoms with Crippen LogP contribution >= 0.6 is 10.2 Å². The summed E-state index contributed by atoms with van der Waals surface area (Å²) in [6, 6.07) is 5.54. The van der Waals surface area contributed by atoms with Gasteiger partial charge in [-0.1, -0.05) is 25.5 Å². The number of fused-ring (bicyclic) bond motifs is 4. The van der Waals surface area contributed by atoms with Crippen molar-refractivity contribution in [1.82, 2.24) is 19.3 Å². The second-order valence-electron chi connectivity index (χ2n) is 7.76. The number of aromatic nitrogens is 3. The number of amides is 1. The maximum absolute atomic E-state index is 13.2. The highest BCUT2D eigenvalue weighted by molar-refractivity contribution is 8.45. The van der Waals surface area contributed by atoms with Crippen molar-refractivity contribution >= 4 is 38.5 Å². The van der Waals surface area contributed by atoms with E-state index in [9.17, 15) is 24.2 Å². The molecule has 1 atom stereocenters. The summed E-state index contributed by atoms with van der Waals surface area (Å²) in [5, 5.41) is 0. The van der Waals surface area contributed by atoms with E-state index < -0.39 is 27.1 Å². The first kappa shape index (κ1) is 21.2. The highest BCUT2D eigenvalue weighted by atomic mass is 32.5. The Bertz CT molecular complexity index is 1470. The molecule has 174 valence electrons. The number of likely N-dealkylation sites (N-methyl/N-ethyl adjacent to an activating group) is 1. The lowest BCUT2D eigenvalue weighted by molar-refractivity contribution is 0.0708. The lowest BCUT2D eigenvalue weighted by Gasteiger charge is -2.40. The second kappa shape index (κ2) is 6.04. The Morgan fingerprint density at radius 3 is 2.64 bits per heavy atom. The van der Waals surface area contributed by atoms with Crippen LogP contribution in [0.25, 0.3) is 16.6 Å². The quantitative estimate of drug-likeness (QED) is 0.397. The monoisotopic (exact) mass is 485 g/mol. The minimum absolute atomic E-state index is 0.168. The Hall–Kier alpha value is -3.61. The zero-order chi connectivity index (χ0) is 23.8. The molecule has 0 spiro atoms. The largest absolute Gasteiger partial charge is 0.491 e. The summed E-state index contributed by atoms with van der Waals surface area (Å²) in [6.07, 6.45) is 3.07. The number of hydrogen-bond donors (Lipinski definition) is 1. The molecule has 33 heavy (non-hydrogen) atoms. The molecule has 0 fully saturated rings. The van der Waals surface area contributed by atoms with Crippen molar-refractivity contribution < 1.29 is 29.0 Å². The van der Waals surface area contributed by atoms with Gasteiger partial charge in [0, 0.05) is 24.2 Å². The molecule has 2 aromatic heterocycles. The molecule has 3 heterocycles. The molecule has 0 saturated carbocycles. The lowest BCUT2D eigenvalue weighted by Crippen LogP contribution is -2.32. The fourth-order valence-electron chi connectivity index (χ4n) is 3.89. The summed E-state index contributed by atoms with van der Waals surface area (Å²) in [6.45, 7) is -0.168. The maximum Gasteiger partial charge on any atom is 0.310 e. The maximum atomic E-state index is 13.2. The average molecular weight is 485 g/mol. The van der Waals surface area contributed by atoms with E-state index in [1.165, 1.54) is 24.5 Å². The Morgan fingerprint density at radius 2 is 1.91 bits per heavy atom. The standard InChI is InChI=1S/C20H16F5N5O2S/c1-29(17-9-32-18-7-12(3-4-13(17)18)33(21,22,23,24)25)20(31)11-2-5-14-15(6-11)30-10-27-8-16(30)19(26)28-14/h2-8,10,17H,9H2,1H3,(H2,26,28)/t17-/m0/s1. The van der Waals surface area contributed by atoms with Gasteiger partial charge >= 0.3 is 10.2 Å². The third-order valence-electron chi connectivity index (χ3n) is 5.60. The van der Waals surface area contributed by atoms with E-state index in [0.717, 1.165) is 6.07 Å². The van der Waals surface area contributed by atoms with E-state index in [1.807, 2.05) is 0 Å². The van der Waals surface area contributed by atoms with E-state index in [2.05, 4.69) is 9.97 Å². The number of carbonyl (C=O) groups excluding carboxylic acids is 1. The van der Waals surface area contributed by atoms with Gasteiger partial charge in [-0.3, -0.25) is 9.20 Å². The van der Waals surface area contributed by atoms with Gasteiger partial charge in [-0.05, 0) is 24.3 Å². The number of benzene rings is 2. The predicted molar refractivity (Wildman–Crippen MR) is 113 cm³/mol. The van der Waals surface area contributed by atoms with E-state index in [4.69, 9.17) is 10.5 Å². The molecule has 2 aromatic carbocycles. The van der Waals surface area contributed by atoms with E-state index in [1.54, 1.807) is 22.6 Å². The van der Waals surface area contributed by atoms with Crippen LogP contribution in [0.3, 0.4) is 0 Å². The van der Waals surface area contributed by atoms with Crippen LogP contribution in [0.1, 0.15) is 22.0 Å². The van der Waals surface area contributed by atoms with E-state index >= 15 is 0 Å². The first-order valence-electron chi connectivity index (χ1n) is 9.52. The zero-order valence-corrected chi connectivity index (χ0v) is 17.7. The third kappa shape index (κ3) is 3.48. The normalized spacial score (nSPS) is 17.9. The minimum atomic E-state index is -9.84. The summed E-state index contributed by atoms with van der Waals surface area (Å²) < 4.78 is 72.5. The van der Waals surface area contributed by atoms with Crippen LogP contribution in [-0.4, -0.2) is 38.8 Å². The number of rotatable bonds is 3. The Balaban J connectivity index is 1.49. The van der Waals surface area contributed by atoms with Gasteiger partial charge < -0.3 is 15.4 Å². The number of imidazole rings is 1. The van der Waals surface area contributed by atoms with Crippen LogP contribution in [0.5, 0.6) is 5.75 Å². The molecule has 5 rings (SSSR count). The molecule has 2 N–H and O–H groups in total. The highest BCUT2D eigenvalue weighted by Crippen LogP contribution is 3.02. The summed E-state index contributed by atoms with van der Waals surface area (Å²) in [5.74, 6) is -0.495. The molecular formula is C20H16F5N5O2S. The van der Waals surface area contributed by atoms with Crippen LogP contribution in [0.2, 0.25) is 0 Å². The number of hydrogen-bond acceptors (Lipinski definition) is 5. The molecule has 1 aliphatic rings. The van der Waals surface area contributed by atoms with Crippen molar-refractivity contribution in [2.24, 2.45) is 0 Å². The molecule has 0 unspecified atom stereocenters. The van der Waals surface area contributed by atoms with Gasteiger partial charge in [-0.2, -0.15) is 0 Å². The van der Waals surface area contributed by atoms with Crippen molar-refractivity contribution in [2.75, 3.05) is 19.4 Å². The van der Waals surface area contributed by atoms with Crippen LogP contribution in [0.15, 0.2) is 53.8 Å². The molecule has 0 radical (unpaired) electrons. The third-order valence-corrected chi connectivity index (χ3v) is 6.74. The molecule has 0 bridgehead atoms. The molecule has 1 amide bonds. The number of nitrogens with two attached hydrogens (primary N) is 1. The van der Waals surface area contributed by atoms with Crippen molar-refractivity contribution in [3.8, 4) is 5.75 Å². The zero-order valence-electron chi connectivity index (χ0n) is 16.9. The minimum Gasteiger partial charge on any atom is -0.491 e. The van der Waals surface area contributed by atoms with E-state index in [0.29, 0.717) is 22.6 Å². The number of ether oxygens (including phenoxy) is 1. The van der Waals surface area contributed by atoms with Crippen LogP contribution < -0.4 is 10.5 Å². The van der Waals surface area contributed by atoms with Crippen molar-refractivity contribution in [2.45, 2.75) is 10.9 Å². The van der Waals surface area contributed by atoms with Gasteiger partial charge in [-0.25, -0.2) is 9.97 Å². The van der Waals surface area contributed by atoms with Gasteiger partial charge in [0.05, 0.1) is 29.6 Å². The van der Waals surface area contributed by atoms with Crippen molar-refractivity contribution in [3.63, 3.8) is 0 Å². The Morgan fingerprint density at radius 1 is 1.15 bits per heavy atom. The molecule has 7 nitrogen and oxygen atoms in total. The molecule has 0 aliphatic carbocycles. The predicted octanol–water partition coefficient (Wildman–Crippen LogP) is 5.33. The van der Waals surface area contributed by atoms with Gasteiger partial charge in [0.2, 0.25) is 0 Å². The second-order valence-corrected chi connectivity index (χ2v) is 10.2. The summed E-state index contributed by atoms with van der Waals surface area (Å²) in [5.41, 5.74) is 8.10. The Kier molecular flexibility index (Phi) is 3.89. The number of carbonyl (C=O) groups is 1. The van der Waals surface area contributed by atoms with Crippen LogP contribution in [0.4, 0.5) is 25.2 Å². The fourth-order valence-corrected chi connectivity index (χ4v) is 4.54. The molecule has 0 saturated heterocycles. The van der Waals surface area contributed by atoms with Gasteiger partial charge in [0.15, 0.2) is 0 Å². The smallest absolute Gasteiger partial charge is 0.310 e. The van der Waals surface area contributed by atoms with Gasteiger partial charge in [0.1, 0.15) is 28.6 Å². The van der Waals surface area contributed by atoms with Gasteiger partial charge in [-0.15, -0.1) is 0 Å². The Labute approximate surface area is 183 Å².